The van der Waals surface area contributed by atoms with Gasteiger partial charge in [-0.25, -0.2) is 4.79 Å². The first kappa shape index (κ1) is 15.5. The Morgan fingerprint density at radius 1 is 1.21 bits per heavy atom. The smallest absolute Gasteiger partial charge is 0.347 e. The minimum Gasteiger partial charge on any atom is -0.478 e. The fourth-order valence-electron chi connectivity index (χ4n) is 1.77. The summed E-state index contributed by atoms with van der Waals surface area (Å²) in [4.78, 5) is 11.7. The average Bonchev–Trinajstić information content (AvgIpc) is 2.44. The van der Waals surface area contributed by atoms with Crippen molar-refractivity contribution in [3.8, 4) is 5.75 Å². The molecular weight excluding hydrogens is 244 g/mol. The number of rotatable bonds is 7. The standard InChI is InChI=1S/C15H22O4/c1-4-12(16)11-9-7-8-10-14(11)19-13(5-2)15(17)18-6-3/h7-10,12-13,16H,4-6H2,1-3H3/t12-,13?/m0/s1. The van der Waals surface area contributed by atoms with Gasteiger partial charge in [-0.3, -0.25) is 0 Å². The van der Waals surface area contributed by atoms with E-state index in [2.05, 4.69) is 0 Å². The lowest BCUT2D eigenvalue weighted by Crippen LogP contribution is -2.29. The zero-order valence-electron chi connectivity index (χ0n) is 11.8. The third-order valence-electron chi connectivity index (χ3n) is 2.85. The summed E-state index contributed by atoms with van der Waals surface area (Å²) >= 11 is 0. The summed E-state index contributed by atoms with van der Waals surface area (Å²) in [7, 11) is 0. The number of carbonyl (C=O) groups is 1. The quantitative estimate of drug-likeness (QED) is 0.771. The fraction of sp³-hybridized carbons (Fsp3) is 0.533. The van der Waals surface area contributed by atoms with Crippen molar-refractivity contribution >= 4 is 5.97 Å². The summed E-state index contributed by atoms with van der Waals surface area (Å²) in [6, 6.07) is 7.23. The second kappa shape index (κ2) is 7.79. The Morgan fingerprint density at radius 3 is 2.47 bits per heavy atom. The predicted molar refractivity (Wildman–Crippen MR) is 73.0 cm³/mol. The molecule has 0 aromatic heterocycles. The van der Waals surface area contributed by atoms with E-state index in [9.17, 15) is 9.90 Å². The van der Waals surface area contributed by atoms with E-state index in [-0.39, 0.29) is 5.97 Å². The average molecular weight is 266 g/mol. The summed E-state index contributed by atoms with van der Waals surface area (Å²) in [5.41, 5.74) is 0.702. The van der Waals surface area contributed by atoms with Gasteiger partial charge in [0.1, 0.15) is 5.75 Å². The van der Waals surface area contributed by atoms with E-state index in [1.807, 2.05) is 26.0 Å². The van der Waals surface area contributed by atoms with E-state index < -0.39 is 12.2 Å². The van der Waals surface area contributed by atoms with Crippen LogP contribution >= 0.6 is 0 Å². The van der Waals surface area contributed by atoms with E-state index in [1.165, 1.54) is 0 Å². The van der Waals surface area contributed by atoms with Gasteiger partial charge >= 0.3 is 5.97 Å². The number of carbonyl (C=O) groups excluding carboxylic acids is 1. The number of hydrogen-bond acceptors (Lipinski definition) is 4. The topological polar surface area (TPSA) is 55.8 Å². The number of para-hydroxylation sites is 1. The minimum atomic E-state index is -0.634. The Labute approximate surface area is 114 Å². The molecule has 1 unspecified atom stereocenters. The van der Waals surface area contributed by atoms with Crippen LogP contribution in [0.2, 0.25) is 0 Å². The van der Waals surface area contributed by atoms with E-state index >= 15 is 0 Å². The van der Waals surface area contributed by atoms with E-state index in [4.69, 9.17) is 9.47 Å². The number of aliphatic hydroxyl groups is 1. The van der Waals surface area contributed by atoms with Crippen molar-refractivity contribution in [3.63, 3.8) is 0 Å². The first-order chi connectivity index (χ1) is 9.13. The third-order valence-corrected chi connectivity index (χ3v) is 2.85. The molecule has 2 atom stereocenters. The Bertz CT molecular complexity index is 403. The lowest BCUT2D eigenvalue weighted by molar-refractivity contribution is -0.151. The molecule has 1 aromatic rings. The van der Waals surface area contributed by atoms with Crippen molar-refractivity contribution in [1.29, 1.82) is 0 Å². The molecule has 19 heavy (non-hydrogen) atoms. The van der Waals surface area contributed by atoms with E-state index in [0.717, 1.165) is 0 Å². The van der Waals surface area contributed by atoms with Crippen LogP contribution in [0.15, 0.2) is 24.3 Å². The number of benzene rings is 1. The molecule has 0 fully saturated rings. The van der Waals surface area contributed by atoms with Gasteiger partial charge in [0.15, 0.2) is 6.10 Å². The molecular formula is C15H22O4. The molecule has 1 N–H and O–H groups in total. The molecule has 1 aromatic carbocycles. The largest absolute Gasteiger partial charge is 0.478 e. The molecule has 0 bridgehead atoms. The molecule has 4 heteroatoms. The molecule has 0 aliphatic rings. The number of esters is 1. The molecule has 0 heterocycles. The highest BCUT2D eigenvalue weighted by Crippen LogP contribution is 2.28. The highest BCUT2D eigenvalue weighted by atomic mass is 16.6. The molecule has 4 nitrogen and oxygen atoms in total. The maximum Gasteiger partial charge on any atom is 0.347 e. The highest BCUT2D eigenvalue weighted by Gasteiger charge is 2.21. The molecule has 0 aliphatic heterocycles. The zero-order chi connectivity index (χ0) is 14.3. The van der Waals surface area contributed by atoms with Crippen LogP contribution in [0.25, 0.3) is 0 Å². The summed E-state index contributed by atoms with van der Waals surface area (Å²) in [5.74, 6) is 0.169. The van der Waals surface area contributed by atoms with E-state index in [1.54, 1.807) is 19.1 Å². The fourth-order valence-corrected chi connectivity index (χ4v) is 1.77. The van der Waals surface area contributed by atoms with Crippen LogP contribution in [-0.2, 0) is 9.53 Å². The molecule has 0 spiro atoms. The van der Waals surface area contributed by atoms with E-state index in [0.29, 0.717) is 30.8 Å². The first-order valence-electron chi connectivity index (χ1n) is 6.74. The zero-order valence-corrected chi connectivity index (χ0v) is 11.8. The second-order valence-electron chi connectivity index (χ2n) is 4.23. The Hall–Kier alpha value is -1.55. The Balaban J connectivity index is 2.88. The van der Waals surface area contributed by atoms with Crippen LogP contribution in [-0.4, -0.2) is 23.8 Å². The minimum absolute atomic E-state index is 0.331. The Kier molecular flexibility index (Phi) is 6.36. The summed E-state index contributed by atoms with van der Waals surface area (Å²) in [5, 5.41) is 9.94. The monoisotopic (exact) mass is 266 g/mol. The summed E-state index contributed by atoms with van der Waals surface area (Å²) in [6.07, 6.45) is -0.104. The molecule has 0 saturated heterocycles. The Morgan fingerprint density at radius 2 is 1.89 bits per heavy atom. The van der Waals surface area contributed by atoms with Crippen molar-refractivity contribution in [3.05, 3.63) is 29.8 Å². The normalized spacial score (nSPS) is 13.7. The summed E-state index contributed by atoms with van der Waals surface area (Å²) < 4.78 is 10.7. The molecule has 0 aliphatic carbocycles. The van der Waals surface area contributed by atoms with Gasteiger partial charge in [-0.1, -0.05) is 32.0 Å². The van der Waals surface area contributed by atoms with Crippen molar-refractivity contribution in [1.82, 2.24) is 0 Å². The van der Waals surface area contributed by atoms with Crippen LogP contribution in [0.4, 0.5) is 0 Å². The van der Waals surface area contributed by atoms with Crippen molar-refractivity contribution in [2.45, 2.75) is 45.8 Å². The van der Waals surface area contributed by atoms with Gasteiger partial charge in [0.2, 0.25) is 0 Å². The van der Waals surface area contributed by atoms with Crippen molar-refractivity contribution in [2.24, 2.45) is 0 Å². The molecule has 106 valence electrons. The molecule has 0 radical (unpaired) electrons. The summed E-state index contributed by atoms with van der Waals surface area (Å²) in [6.45, 7) is 5.85. The molecule has 0 saturated carbocycles. The van der Waals surface area contributed by atoms with Crippen LogP contribution in [0.1, 0.15) is 45.3 Å². The maximum absolute atomic E-state index is 11.7. The van der Waals surface area contributed by atoms with Crippen LogP contribution in [0, 0.1) is 0 Å². The maximum atomic E-state index is 11.7. The second-order valence-corrected chi connectivity index (χ2v) is 4.23. The lowest BCUT2D eigenvalue weighted by atomic mass is 10.1. The van der Waals surface area contributed by atoms with Crippen LogP contribution in [0.3, 0.4) is 0 Å². The number of hydrogen-bond donors (Lipinski definition) is 1. The van der Waals surface area contributed by atoms with Crippen LogP contribution in [0.5, 0.6) is 5.75 Å². The predicted octanol–water partition coefficient (Wildman–Crippen LogP) is 2.85. The SMILES string of the molecule is CCOC(=O)C(CC)Oc1ccccc1[C@@H](O)CC. The van der Waals surface area contributed by atoms with Gasteiger partial charge in [-0.15, -0.1) is 0 Å². The van der Waals surface area contributed by atoms with Gasteiger partial charge in [-0.2, -0.15) is 0 Å². The van der Waals surface area contributed by atoms with Crippen molar-refractivity contribution in [2.75, 3.05) is 6.61 Å². The van der Waals surface area contributed by atoms with Gasteiger partial charge in [-0.05, 0) is 25.8 Å². The van der Waals surface area contributed by atoms with Crippen molar-refractivity contribution < 1.29 is 19.4 Å². The molecule has 1 rings (SSSR count). The van der Waals surface area contributed by atoms with Gasteiger partial charge in [0, 0.05) is 5.56 Å². The van der Waals surface area contributed by atoms with Gasteiger partial charge in [0.05, 0.1) is 12.7 Å². The number of aliphatic hydroxyl groups excluding tert-OH is 1. The molecule has 0 amide bonds. The third kappa shape index (κ3) is 4.24. The van der Waals surface area contributed by atoms with Gasteiger partial charge < -0.3 is 14.6 Å². The van der Waals surface area contributed by atoms with Crippen LogP contribution < -0.4 is 4.74 Å². The first-order valence-corrected chi connectivity index (χ1v) is 6.74. The van der Waals surface area contributed by atoms with Gasteiger partial charge in [0.25, 0.3) is 0 Å². The lowest BCUT2D eigenvalue weighted by Gasteiger charge is -2.20. The number of ether oxygens (including phenoxy) is 2. The highest BCUT2D eigenvalue weighted by molar-refractivity contribution is 5.75.